The van der Waals surface area contributed by atoms with Crippen LogP contribution in [0.25, 0.3) is 0 Å². The average molecular weight is 387 g/mol. The summed E-state index contributed by atoms with van der Waals surface area (Å²) in [5.41, 5.74) is 1.23. The summed E-state index contributed by atoms with van der Waals surface area (Å²) in [5.74, 6) is 2.06. The van der Waals surface area contributed by atoms with Crippen molar-refractivity contribution < 1.29 is 9.32 Å². The number of carbonyl (C=O) groups is 1. The number of rotatable bonds is 8. The van der Waals surface area contributed by atoms with Crippen molar-refractivity contribution in [1.29, 1.82) is 0 Å². The molecule has 2 fully saturated rings. The highest BCUT2D eigenvalue weighted by Gasteiger charge is 2.30. The van der Waals surface area contributed by atoms with Gasteiger partial charge in [0.2, 0.25) is 11.8 Å². The van der Waals surface area contributed by atoms with Gasteiger partial charge < -0.3 is 9.42 Å². The Balaban J connectivity index is 1.30. The van der Waals surface area contributed by atoms with Crippen LogP contribution >= 0.6 is 0 Å². The van der Waals surface area contributed by atoms with Gasteiger partial charge in [-0.1, -0.05) is 11.6 Å². The number of nitrogens with zero attached hydrogens (tertiary/aromatic N) is 6. The van der Waals surface area contributed by atoms with Crippen LogP contribution in [0.3, 0.4) is 0 Å². The van der Waals surface area contributed by atoms with E-state index in [4.69, 9.17) is 4.52 Å². The standard InChI is InChI=1S/C20H30N6O2/c1-3-25-13-16(11-21-25)12-24-9-7-18(14-24)26(15(2)27)10-8-19-22-20(28-23-19)17-5-4-6-17/h11,13,17-18H,3-10,12,14H2,1-2H3. The van der Waals surface area contributed by atoms with Gasteiger partial charge in [0.15, 0.2) is 5.82 Å². The normalized spacial score (nSPS) is 20.4. The van der Waals surface area contributed by atoms with Gasteiger partial charge >= 0.3 is 0 Å². The number of aryl methyl sites for hydroxylation is 1. The molecule has 1 aliphatic carbocycles. The second kappa shape index (κ2) is 8.43. The molecule has 8 nitrogen and oxygen atoms in total. The highest BCUT2D eigenvalue weighted by Crippen LogP contribution is 2.35. The molecule has 0 spiro atoms. The third kappa shape index (κ3) is 4.27. The van der Waals surface area contributed by atoms with E-state index in [-0.39, 0.29) is 11.9 Å². The lowest BCUT2D eigenvalue weighted by atomic mass is 9.85. The van der Waals surface area contributed by atoms with E-state index in [1.165, 1.54) is 12.0 Å². The topological polar surface area (TPSA) is 80.3 Å². The van der Waals surface area contributed by atoms with Gasteiger partial charge in [-0.25, -0.2) is 0 Å². The zero-order valence-electron chi connectivity index (χ0n) is 16.9. The molecule has 2 aliphatic rings. The van der Waals surface area contributed by atoms with Crippen LogP contribution in [-0.4, -0.2) is 61.3 Å². The SMILES string of the molecule is CCn1cc(CN2CCC(N(CCc3noc(C4CCC4)n3)C(C)=O)C2)cn1. The highest BCUT2D eigenvalue weighted by atomic mass is 16.5. The Morgan fingerprint density at radius 1 is 1.36 bits per heavy atom. The molecular formula is C20H30N6O2. The van der Waals surface area contributed by atoms with Gasteiger partial charge in [0.05, 0.1) is 6.20 Å². The van der Waals surface area contributed by atoms with Gasteiger partial charge in [-0.15, -0.1) is 0 Å². The molecule has 1 unspecified atom stereocenters. The fourth-order valence-corrected chi connectivity index (χ4v) is 4.14. The van der Waals surface area contributed by atoms with Crippen LogP contribution in [0, 0.1) is 0 Å². The Morgan fingerprint density at radius 2 is 2.21 bits per heavy atom. The summed E-state index contributed by atoms with van der Waals surface area (Å²) in [6, 6.07) is 0.247. The summed E-state index contributed by atoms with van der Waals surface area (Å²) in [6.45, 7) is 8.06. The van der Waals surface area contributed by atoms with Gasteiger partial charge in [0, 0.05) is 69.8 Å². The van der Waals surface area contributed by atoms with Gasteiger partial charge in [0.1, 0.15) is 0 Å². The zero-order valence-corrected chi connectivity index (χ0v) is 16.9. The number of hydrogen-bond donors (Lipinski definition) is 0. The summed E-state index contributed by atoms with van der Waals surface area (Å²) in [4.78, 5) is 21.2. The fourth-order valence-electron chi connectivity index (χ4n) is 4.14. The minimum Gasteiger partial charge on any atom is -0.339 e. The molecule has 4 rings (SSSR count). The second-order valence-electron chi connectivity index (χ2n) is 8.02. The molecule has 8 heteroatoms. The van der Waals surface area contributed by atoms with E-state index in [0.29, 0.717) is 18.9 Å². The maximum Gasteiger partial charge on any atom is 0.229 e. The third-order valence-electron chi connectivity index (χ3n) is 6.02. The van der Waals surface area contributed by atoms with Crippen molar-refractivity contribution in [2.45, 2.75) is 71.0 Å². The highest BCUT2D eigenvalue weighted by molar-refractivity contribution is 5.73. The molecule has 0 radical (unpaired) electrons. The predicted molar refractivity (Wildman–Crippen MR) is 104 cm³/mol. The number of amides is 1. The molecule has 0 aromatic carbocycles. The van der Waals surface area contributed by atoms with Gasteiger partial charge in [-0.05, 0) is 26.2 Å². The zero-order chi connectivity index (χ0) is 19.5. The molecule has 1 aliphatic heterocycles. The van der Waals surface area contributed by atoms with E-state index in [1.54, 1.807) is 6.92 Å². The Morgan fingerprint density at radius 3 is 2.89 bits per heavy atom. The summed E-state index contributed by atoms with van der Waals surface area (Å²) in [5, 5.41) is 8.46. The van der Waals surface area contributed by atoms with Crippen LogP contribution in [0.15, 0.2) is 16.9 Å². The molecular weight excluding hydrogens is 356 g/mol. The quantitative estimate of drug-likeness (QED) is 0.692. The van der Waals surface area contributed by atoms with Crippen molar-refractivity contribution in [3.8, 4) is 0 Å². The first-order valence-corrected chi connectivity index (χ1v) is 10.5. The van der Waals surface area contributed by atoms with E-state index >= 15 is 0 Å². The summed E-state index contributed by atoms with van der Waals surface area (Å²) in [7, 11) is 0. The number of hydrogen-bond acceptors (Lipinski definition) is 6. The monoisotopic (exact) mass is 386 g/mol. The largest absolute Gasteiger partial charge is 0.339 e. The Labute approximate surface area is 165 Å². The van der Waals surface area contributed by atoms with Crippen LogP contribution in [0.4, 0.5) is 0 Å². The van der Waals surface area contributed by atoms with Crippen molar-refractivity contribution in [2.24, 2.45) is 0 Å². The van der Waals surface area contributed by atoms with Crippen molar-refractivity contribution >= 4 is 5.91 Å². The maximum absolute atomic E-state index is 12.3. The summed E-state index contributed by atoms with van der Waals surface area (Å²) in [6.07, 6.45) is 9.24. The first-order chi connectivity index (χ1) is 13.6. The summed E-state index contributed by atoms with van der Waals surface area (Å²) < 4.78 is 7.35. The number of likely N-dealkylation sites (tertiary alicyclic amines) is 1. The molecule has 28 heavy (non-hydrogen) atoms. The first-order valence-electron chi connectivity index (χ1n) is 10.5. The summed E-state index contributed by atoms with van der Waals surface area (Å²) >= 11 is 0. The molecule has 2 aromatic rings. The first kappa shape index (κ1) is 19.1. The average Bonchev–Trinajstić information content (AvgIpc) is 3.36. The minimum absolute atomic E-state index is 0.119. The van der Waals surface area contributed by atoms with Crippen molar-refractivity contribution in [2.75, 3.05) is 19.6 Å². The van der Waals surface area contributed by atoms with Crippen molar-refractivity contribution in [3.63, 3.8) is 0 Å². The molecule has 152 valence electrons. The smallest absolute Gasteiger partial charge is 0.229 e. The molecule has 0 N–H and O–H groups in total. The molecule has 1 amide bonds. The van der Waals surface area contributed by atoms with E-state index in [2.05, 4.69) is 33.3 Å². The lowest BCUT2D eigenvalue weighted by Crippen LogP contribution is -2.42. The molecule has 1 saturated heterocycles. The lowest BCUT2D eigenvalue weighted by molar-refractivity contribution is -0.130. The molecule has 1 saturated carbocycles. The molecule has 1 atom stereocenters. The van der Waals surface area contributed by atoms with Crippen LogP contribution in [0.2, 0.25) is 0 Å². The van der Waals surface area contributed by atoms with E-state index in [0.717, 1.165) is 57.2 Å². The van der Waals surface area contributed by atoms with E-state index < -0.39 is 0 Å². The van der Waals surface area contributed by atoms with Crippen molar-refractivity contribution in [3.05, 3.63) is 29.7 Å². The predicted octanol–water partition coefficient (Wildman–Crippen LogP) is 2.22. The minimum atomic E-state index is 0.119. The van der Waals surface area contributed by atoms with Crippen molar-refractivity contribution in [1.82, 2.24) is 29.7 Å². The molecule has 2 aromatic heterocycles. The van der Waals surface area contributed by atoms with E-state index in [9.17, 15) is 4.79 Å². The lowest BCUT2D eigenvalue weighted by Gasteiger charge is -2.27. The molecule has 3 heterocycles. The third-order valence-corrected chi connectivity index (χ3v) is 6.02. The Bertz CT molecular complexity index is 796. The Hall–Kier alpha value is -2.22. The Kier molecular flexibility index (Phi) is 5.75. The van der Waals surface area contributed by atoms with E-state index in [1.807, 2.05) is 15.8 Å². The fraction of sp³-hybridized carbons (Fsp3) is 0.700. The van der Waals surface area contributed by atoms with Crippen LogP contribution in [0.1, 0.15) is 62.7 Å². The second-order valence-corrected chi connectivity index (χ2v) is 8.02. The maximum atomic E-state index is 12.3. The number of aromatic nitrogens is 4. The van der Waals surface area contributed by atoms with Crippen LogP contribution in [-0.2, 0) is 24.3 Å². The molecule has 0 bridgehead atoms. The van der Waals surface area contributed by atoms with Crippen LogP contribution < -0.4 is 0 Å². The van der Waals surface area contributed by atoms with Gasteiger partial charge in [-0.2, -0.15) is 10.1 Å². The van der Waals surface area contributed by atoms with Crippen LogP contribution in [0.5, 0.6) is 0 Å². The number of carbonyl (C=O) groups excluding carboxylic acids is 1. The van der Waals surface area contributed by atoms with Gasteiger partial charge in [0.25, 0.3) is 0 Å². The van der Waals surface area contributed by atoms with Gasteiger partial charge in [-0.3, -0.25) is 14.4 Å².